The quantitative estimate of drug-likeness (QED) is 0.239. The normalized spacial score (nSPS) is 11.1. The molecule has 31 heavy (non-hydrogen) atoms. The molecular formula is C24H35IN2O4. The summed E-state index contributed by atoms with van der Waals surface area (Å²) in [5.41, 5.74) is 2.21. The average Bonchev–Trinajstić information content (AvgIpc) is 3.11. The summed E-state index contributed by atoms with van der Waals surface area (Å²) >= 11 is 2.13. The number of hydrogen-bond acceptors (Lipinski definition) is 5. The highest BCUT2D eigenvalue weighted by Gasteiger charge is 2.25. The zero-order valence-corrected chi connectivity index (χ0v) is 21.5. The highest BCUT2D eigenvalue weighted by Crippen LogP contribution is 2.40. The molecule has 0 unspecified atom stereocenters. The van der Waals surface area contributed by atoms with E-state index >= 15 is 0 Å². The summed E-state index contributed by atoms with van der Waals surface area (Å²) in [6, 6.07) is 4.05. The summed E-state index contributed by atoms with van der Waals surface area (Å²) in [6.07, 6.45) is 4.96. The summed E-state index contributed by atoms with van der Waals surface area (Å²) in [7, 11) is 0. The summed E-state index contributed by atoms with van der Waals surface area (Å²) in [4.78, 5) is 12.3. The second kappa shape index (κ2) is 12.9. The van der Waals surface area contributed by atoms with E-state index in [4.69, 9.17) is 14.0 Å². The van der Waals surface area contributed by atoms with Crippen LogP contribution in [0, 0.1) is 9.49 Å². The standard InChI is InChI=1S/C24H35IN2O4/c1-6-9-11-29-19-15-20(30-12-10-7-2)18(14-17(19)13-16(4)5)23-21(25)22(27-31-23)24(28)26-8-3/h14-16H,6-13H2,1-5H3,(H,26,28). The molecule has 1 aromatic heterocycles. The minimum absolute atomic E-state index is 0.239. The van der Waals surface area contributed by atoms with Crippen LogP contribution in [0.3, 0.4) is 0 Å². The SMILES string of the molecule is CCCCOc1cc(OCCCC)c(-c2onc(C(=O)NCC)c2I)cc1CC(C)C. The van der Waals surface area contributed by atoms with Crippen LogP contribution in [-0.2, 0) is 6.42 Å². The number of rotatable bonds is 13. The first-order valence-corrected chi connectivity index (χ1v) is 12.4. The number of nitrogens with one attached hydrogen (secondary N) is 1. The van der Waals surface area contributed by atoms with Crippen molar-refractivity contribution in [3.63, 3.8) is 0 Å². The van der Waals surface area contributed by atoms with Crippen molar-refractivity contribution in [1.82, 2.24) is 10.5 Å². The number of hydrogen-bond donors (Lipinski definition) is 1. The van der Waals surface area contributed by atoms with Crippen molar-refractivity contribution >= 4 is 28.5 Å². The third-order valence-corrected chi connectivity index (χ3v) is 5.74. The van der Waals surface area contributed by atoms with Gasteiger partial charge in [-0.3, -0.25) is 4.79 Å². The molecule has 0 atom stereocenters. The number of carbonyl (C=O) groups excluding carboxylic acids is 1. The lowest BCUT2D eigenvalue weighted by Gasteiger charge is -2.18. The molecule has 172 valence electrons. The Bertz CT molecular complexity index is 848. The first-order chi connectivity index (χ1) is 14.9. The molecule has 1 amide bonds. The third kappa shape index (κ3) is 7.12. The summed E-state index contributed by atoms with van der Waals surface area (Å²) in [5.74, 6) is 2.34. The van der Waals surface area contributed by atoms with E-state index in [-0.39, 0.29) is 5.91 Å². The zero-order valence-electron chi connectivity index (χ0n) is 19.3. The number of benzene rings is 1. The number of nitrogens with zero attached hydrogens (tertiary/aromatic N) is 1. The highest BCUT2D eigenvalue weighted by atomic mass is 127. The van der Waals surface area contributed by atoms with Gasteiger partial charge in [0.1, 0.15) is 11.5 Å². The Morgan fingerprint density at radius 3 is 2.32 bits per heavy atom. The Labute approximate surface area is 199 Å². The Hall–Kier alpha value is -1.77. The summed E-state index contributed by atoms with van der Waals surface area (Å²) < 4.78 is 18.6. The van der Waals surface area contributed by atoms with Gasteiger partial charge in [-0.1, -0.05) is 45.7 Å². The smallest absolute Gasteiger partial charge is 0.274 e. The van der Waals surface area contributed by atoms with Crippen molar-refractivity contribution in [1.29, 1.82) is 0 Å². The van der Waals surface area contributed by atoms with Crippen molar-refractivity contribution in [2.45, 2.75) is 66.7 Å². The van der Waals surface area contributed by atoms with Crippen molar-refractivity contribution in [3.05, 3.63) is 27.0 Å². The molecule has 0 aliphatic rings. The van der Waals surface area contributed by atoms with Gasteiger partial charge in [0, 0.05) is 12.6 Å². The van der Waals surface area contributed by atoms with Crippen molar-refractivity contribution in [2.24, 2.45) is 5.92 Å². The van der Waals surface area contributed by atoms with Crippen LogP contribution in [0.4, 0.5) is 0 Å². The van der Waals surface area contributed by atoms with E-state index in [0.717, 1.165) is 49.0 Å². The van der Waals surface area contributed by atoms with Gasteiger partial charge in [0.05, 0.1) is 22.3 Å². The molecule has 0 aliphatic carbocycles. The molecule has 7 heteroatoms. The predicted octanol–water partition coefficient (Wildman–Crippen LogP) is 6.25. The number of carbonyl (C=O) groups is 1. The minimum Gasteiger partial charge on any atom is -0.493 e. The molecule has 0 saturated carbocycles. The molecule has 0 spiro atoms. The number of halogens is 1. The fourth-order valence-corrected chi connectivity index (χ4v) is 3.85. The fourth-order valence-electron chi connectivity index (χ4n) is 3.12. The molecule has 1 N–H and O–H groups in total. The minimum atomic E-state index is -0.239. The lowest BCUT2D eigenvalue weighted by molar-refractivity contribution is 0.0946. The second-order valence-corrected chi connectivity index (χ2v) is 9.07. The maximum absolute atomic E-state index is 12.3. The van der Waals surface area contributed by atoms with Crippen LogP contribution in [0.1, 0.15) is 76.4 Å². The second-order valence-electron chi connectivity index (χ2n) is 7.99. The lowest BCUT2D eigenvalue weighted by atomic mass is 9.98. The molecule has 0 aliphatic heterocycles. The Morgan fingerprint density at radius 1 is 1.10 bits per heavy atom. The molecule has 1 aromatic carbocycles. The molecule has 0 fully saturated rings. The molecule has 0 bridgehead atoms. The van der Waals surface area contributed by atoms with Crippen molar-refractivity contribution in [2.75, 3.05) is 19.8 Å². The van der Waals surface area contributed by atoms with Crippen molar-refractivity contribution in [3.8, 4) is 22.8 Å². The van der Waals surface area contributed by atoms with Gasteiger partial charge in [0.15, 0.2) is 11.5 Å². The Morgan fingerprint density at radius 2 is 1.74 bits per heavy atom. The van der Waals surface area contributed by atoms with Crippen LogP contribution in [-0.4, -0.2) is 30.8 Å². The van der Waals surface area contributed by atoms with E-state index in [1.165, 1.54) is 0 Å². The van der Waals surface area contributed by atoms with Crippen LogP contribution in [0.15, 0.2) is 16.7 Å². The first kappa shape index (κ1) is 25.5. The number of ether oxygens (including phenoxy) is 2. The average molecular weight is 542 g/mol. The molecule has 1 heterocycles. The molecule has 2 aromatic rings. The molecule has 0 saturated heterocycles. The largest absolute Gasteiger partial charge is 0.493 e. The lowest BCUT2D eigenvalue weighted by Crippen LogP contribution is -2.23. The predicted molar refractivity (Wildman–Crippen MR) is 132 cm³/mol. The van der Waals surface area contributed by atoms with Crippen LogP contribution < -0.4 is 14.8 Å². The van der Waals surface area contributed by atoms with Crippen LogP contribution in [0.5, 0.6) is 11.5 Å². The maximum Gasteiger partial charge on any atom is 0.274 e. The van der Waals surface area contributed by atoms with E-state index in [1.807, 2.05) is 13.0 Å². The monoisotopic (exact) mass is 542 g/mol. The topological polar surface area (TPSA) is 73.6 Å². The molecule has 6 nitrogen and oxygen atoms in total. The van der Waals surface area contributed by atoms with E-state index in [1.54, 1.807) is 0 Å². The highest BCUT2D eigenvalue weighted by molar-refractivity contribution is 14.1. The van der Waals surface area contributed by atoms with Gasteiger partial charge in [-0.05, 0) is 66.3 Å². The van der Waals surface area contributed by atoms with Gasteiger partial charge < -0.3 is 19.3 Å². The molecule has 2 rings (SSSR count). The molecule has 0 radical (unpaired) electrons. The van der Waals surface area contributed by atoms with Gasteiger partial charge in [-0.25, -0.2) is 0 Å². The first-order valence-electron chi connectivity index (χ1n) is 11.3. The van der Waals surface area contributed by atoms with E-state index in [2.05, 4.69) is 66.8 Å². The van der Waals surface area contributed by atoms with E-state index in [0.29, 0.717) is 46.5 Å². The number of aromatic nitrogens is 1. The van der Waals surface area contributed by atoms with Crippen molar-refractivity contribution < 1.29 is 18.8 Å². The maximum atomic E-state index is 12.3. The summed E-state index contributed by atoms with van der Waals surface area (Å²) in [5, 5.41) is 6.82. The van der Waals surface area contributed by atoms with Crippen LogP contribution >= 0.6 is 22.6 Å². The van der Waals surface area contributed by atoms with Crippen LogP contribution in [0.25, 0.3) is 11.3 Å². The summed E-state index contributed by atoms with van der Waals surface area (Å²) in [6.45, 7) is 12.4. The van der Waals surface area contributed by atoms with Gasteiger partial charge in [0.25, 0.3) is 5.91 Å². The Kier molecular flexibility index (Phi) is 10.6. The van der Waals surface area contributed by atoms with Gasteiger partial charge in [-0.2, -0.15) is 0 Å². The van der Waals surface area contributed by atoms with E-state index < -0.39 is 0 Å². The van der Waals surface area contributed by atoms with Gasteiger partial charge in [-0.15, -0.1) is 0 Å². The molecular weight excluding hydrogens is 507 g/mol. The van der Waals surface area contributed by atoms with Gasteiger partial charge in [0.2, 0.25) is 0 Å². The number of amides is 1. The fraction of sp³-hybridized carbons (Fsp3) is 0.583. The van der Waals surface area contributed by atoms with Crippen LogP contribution in [0.2, 0.25) is 0 Å². The zero-order chi connectivity index (χ0) is 22.8. The third-order valence-electron chi connectivity index (χ3n) is 4.73. The number of unbranched alkanes of at least 4 members (excludes halogenated alkanes) is 2. The van der Waals surface area contributed by atoms with E-state index in [9.17, 15) is 4.79 Å². The van der Waals surface area contributed by atoms with Gasteiger partial charge >= 0.3 is 0 Å². The Balaban J connectivity index is 2.53.